The molecule has 0 radical (unpaired) electrons. The van der Waals surface area contributed by atoms with Crippen LogP contribution in [0, 0.1) is 0 Å². The van der Waals surface area contributed by atoms with Crippen LogP contribution in [0.1, 0.15) is 25.0 Å². The van der Waals surface area contributed by atoms with E-state index in [1.165, 1.54) is 44.2 Å². The van der Waals surface area contributed by atoms with Crippen LogP contribution >= 0.6 is 0 Å². The Kier molecular flexibility index (Phi) is 4.24. The first-order chi connectivity index (χ1) is 10.3. The van der Waals surface area contributed by atoms with E-state index in [2.05, 4.69) is 39.5 Å². The highest BCUT2D eigenvalue weighted by molar-refractivity contribution is 5.55. The number of anilines is 2. The topological polar surface area (TPSA) is 48.4 Å². The lowest BCUT2D eigenvalue weighted by molar-refractivity contribution is 0.472. The third-order valence-electron chi connectivity index (χ3n) is 3.87. The molecule has 4 heteroatoms. The molecule has 0 bridgehead atoms. The molecule has 1 aromatic heterocycles. The van der Waals surface area contributed by atoms with Gasteiger partial charge in [-0.1, -0.05) is 0 Å². The Balaban J connectivity index is 1.57. The summed E-state index contributed by atoms with van der Waals surface area (Å²) in [5, 5.41) is 12.6. The lowest BCUT2D eigenvalue weighted by Gasteiger charge is -2.28. The van der Waals surface area contributed by atoms with Gasteiger partial charge in [0.1, 0.15) is 5.75 Å². The summed E-state index contributed by atoms with van der Waals surface area (Å²) in [4.78, 5) is 6.62. The lowest BCUT2D eigenvalue weighted by Crippen LogP contribution is -2.29. The highest BCUT2D eigenvalue weighted by atomic mass is 16.3. The SMILES string of the molecule is Oc1ccc(CNc2ccc(N3CCCCC3)cc2)nc1. The molecule has 0 atom stereocenters. The summed E-state index contributed by atoms with van der Waals surface area (Å²) >= 11 is 0. The van der Waals surface area contributed by atoms with Crippen molar-refractivity contribution in [1.82, 2.24) is 4.98 Å². The van der Waals surface area contributed by atoms with Gasteiger partial charge in [0.05, 0.1) is 18.4 Å². The van der Waals surface area contributed by atoms with Gasteiger partial charge in [-0.2, -0.15) is 0 Å². The van der Waals surface area contributed by atoms with Gasteiger partial charge in [-0.25, -0.2) is 0 Å². The molecule has 1 saturated heterocycles. The number of nitrogens with zero attached hydrogens (tertiary/aromatic N) is 2. The van der Waals surface area contributed by atoms with Crippen LogP contribution in [0.2, 0.25) is 0 Å². The summed E-state index contributed by atoms with van der Waals surface area (Å²) in [6.45, 7) is 3.00. The minimum absolute atomic E-state index is 0.199. The molecule has 4 nitrogen and oxygen atoms in total. The van der Waals surface area contributed by atoms with Crippen molar-refractivity contribution >= 4 is 11.4 Å². The summed E-state index contributed by atoms with van der Waals surface area (Å²) in [5.41, 5.74) is 3.31. The van der Waals surface area contributed by atoms with Crippen LogP contribution in [0.3, 0.4) is 0 Å². The zero-order chi connectivity index (χ0) is 14.5. The molecule has 3 rings (SSSR count). The molecule has 0 unspecified atom stereocenters. The van der Waals surface area contributed by atoms with Crippen LogP contribution in [0.4, 0.5) is 11.4 Å². The molecule has 0 spiro atoms. The van der Waals surface area contributed by atoms with Crippen LogP contribution in [-0.2, 0) is 6.54 Å². The monoisotopic (exact) mass is 283 g/mol. The van der Waals surface area contributed by atoms with Crippen molar-refractivity contribution in [3.05, 3.63) is 48.3 Å². The van der Waals surface area contributed by atoms with Crippen molar-refractivity contribution in [1.29, 1.82) is 0 Å². The highest BCUT2D eigenvalue weighted by Crippen LogP contribution is 2.22. The molecule has 2 N–H and O–H groups in total. The molecular formula is C17H21N3O. The van der Waals surface area contributed by atoms with Crippen molar-refractivity contribution in [2.24, 2.45) is 0 Å². The number of pyridine rings is 1. The predicted molar refractivity (Wildman–Crippen MR) is 85.7 cm³/mol. The molecule has 1 aliphatic rings. The molecule has 1 aromatic carbocycles. The molecular weight excluding hydrogens is 262 g/mol. The Morgan fingerprint density at radius 1 is 1.00 bits per heavy atom. The van der Waals surface area contributed by atoms with E-state index in [9.17, 15) is 5.11 Å². The van der Waals surface area contributed by atoms with Gasteiger partial charge in [-0.3, -0.25) is 4.98 Å². The number of hydrogen-bond acceptors (Lipinski definition) is 4. The fourth-order valence-corrected chi connectivity index (χ4v) is 2.66. The zero-order valence-corrected chi connectivity index (χ0v) is 12.1. The molecule has 1 fully saturated rings. The van der Waals surface area contributed by atoms with Crippen LogP contribution in [0.5, 0.6) is 5.75 Å². The first kappa shape index (κ1) is 13.7. The largest absolute Gasteiger partial charge is 0.506 e. The third kappa shape index (κ3) is 3.66. The van der Waals surface area contributed by atoms with E-state index in [0.29, 0.717) is 6.54 Å². The second kappa shape index (κ2) is 6.48. The molecule has 2 aromatic rings. The van der Waals surface area contributed by atoms with Gasteiger partial charge in [0.25, 0.3) is 0 Å². The number of piperidine rings is 1. The number of hydrogen-bond donors (Lipinski definition) is 2. The number of aromatic nitrogens is 1. The van der Waals surface area contributed by atoms with E-state index in [-0.39, 0.29) is 5.75 Å². The Bertz CT molecular complexity index is 560. The van der Waals surface area contributed by atoms with Gasteiger partial charge >= 0.3 is 0 Å². The summed E-state index contributed by atoms with van der Waals surface area (Å²) < 4.78 is 0. The van der Waals surface area contributed by atoms with Crippen molar-refractivity contribution in [2.45, 2.75) is 25.8 Å². The van der Waals surface area contributed by atoms with E-state index in [4.69, 9.17) is 0 Å². The Morgan fingerprint density at radius 2 is 1.76 bits per heavy atom. The molecule has 0 aliphatic carbocycles. The zero-order valence-electron chi connectivity index (χ0n) is 12.1. The molecule has 110 valence electrons. The first-order valence-electron chi connectivity index (χ1n) is 7.54. The van der Waals surface area contributed by atoms with Gasteiger partial charge in [0, 0.05) is 24.5 Å². The number of benzene rings is 1. The molecule has 2 heterocycles. The van der Waals surface area contributed by atoms with Gasteiger partial charge in [0.15, 0.2) is 0 Å². The van der Waals surface area contributed by atoms with Crippen LogP contribution in [-0.4, -0.2) is 23.2 Å². The smallest absolute Gasteiger partial charge is 0.133 e. The van der Waals surface area contributed by atoms with E-state index in [1.807, 2.05) is 6.07 Å². The number of nitrogens with one attached hydrogen (secondary N) is 1. The summed E-state index contributed by atoms with van der Waals surface area (Å²) in [6, 6.07) is 12.1. The summed E-state index contributed by atoms with van der Waals surface area (Å²) in [5.74, 6) is 0.199. The maximum atomic E-state index is 9.21. The van der Waals surface area contributed by atoms with Gasteiger partial charge in [0.2, 0.25) is 0 Å². The summed E-state index contributed by atoms with van der Waals surface area (Å²) in [6.07, 6.45) is 5.42. The minimum atomic E-state index is 0.199. The molecule has 21 heavy (non-hydrogen) atoms. The quantitative estimate of drug-likeness (QED) is 0.903. The van der Waals surface area contributed by atoms with Crippen molar-refractivity contribution in [2.75, 3.05) is 23.3 Å². The van der Waals surface area contributed by atoms with E-state index in [1.54, 1.807) is 6.07 Å². The standard InChI is InChI=1S/C17H21N3O/c21-17-9-6-15(19-13-17)12-18-14-4-7-16(8-5-14)20-10-2-1-3-11-20/h4-9,13,18,21H,1-3,10-12H2. The molecule has 0 saturated carbocycles. The van der Waals surface area contributed by atoms with Crippen molar-refractivity contribution in [3.63, 3.8) is 0 Å². The summed E-state index contributed by atoms with van der Waals surface area (Å²) in [7, 11) is 0. The lowest BCUT2D eigenvalue weighted by atomic mass is 10.1. The average Bonchev–Trinajstić information content (AvgIpc) is 2.56. The van der Waals surface area contributed by atoms with Gasteiger partial charge < -0.3 is 15.3 Å². The van der Waals surface area contributed by atoms with Gasteiger partial charge in [-0.15, -0.1) is 0 Å². The maximum absolute atomic E-state index is 9.21. The van der Waals surface area contributed by atoms with Gasteiger partial charge in [-0.05, 0) is 55.7 Å². The first-order valence-corrected chi connectivity index (χ1v) is 7.54. The Morgan fingerprint density at radius 3 is 2.43 bits per heavy atom. The Labute approximate surface area is 125 Å². The molecule has 1 aliphatic heterocycles. The fourth-order valence-electron chi connectivity index (χ4n) is 2.66. The predicted octanol–water partition coefficient (Wildman–Crippen LogP) is 3.39. The van der Waals surface area contributed by atoms with E-state index < -0.39 is 0 Å². The fraction of sp³-hybridized carbons (Fsp3) is 0.353. The van der Waals surface area contributed by atoms with Crippen LogP contribution in [0.25, 0.3) is 0 Å². The average molecular weight is 283 g/mol. The van der Waals surface area contributed by atoms with E-state index in [0.717, 1.165) is 11.4 Å². The van der Waals surface area contributed by atoms with Crippen LogP contribution < -0.4 is 10.2 Å². The number of rotatable bonds is 4. The minimum Gasteiger partial charge on any atom is -0.506 e. The van der Waals surface area contributed by atoms with Crippen molar-refractivity contribution < 1.29 is 5.11 Å². The van der Waals surface area contributed by atoms with Crippen LogP contribution in [0.15, 0.2) is 42.6 Å². The maximum Gasteiger partial charge on any atom is 0.133 e. The number of aromatic hydroxyl groups is 1. The third-order valence-corrected chi connectivity index (χ3v) is 3.87. The Hall–Kier alpha value is -2.23. The highest BCUT2D eigenvalue weighted by Gasteiger charge is 2.10. The second-order valence-corrected chi connectivity index (χ2v) is 5.46. The molecule has 0 amide bonds. The van der Waals surface area contributed by atoms with Crippen molar-refractivity contribution in [3.8, 4) is 5.75 Å². The normalized spacial score (nSPS) is 15.0. The second-order valence-electron chi connectivity index (χ2n) is 5.46. The van der Waals surface area contributed by atoms with E-state index >= 15 is 0 Å².